The third-order valence-corrected chi connectivity index (χ3v) is 11.8. The fourth-order valence-electron chi connectivity index (χ4n) is 7.85. The van der Waals surface area contributed by atoms with Crippen molar-refractivity contribution in [3.63, 3.8) is 0 Å². The highest BCUT2D eigenvalue weighted by molar-refractivity contribution is 5.69. The number of hydrogen-bond donors (Lipinski definition) is 0. The van der Waals surface area contributed by atoms with E-state index in [4.69, 9.17) is 18.9 Å². The highest BCUT2D eigenvalue weighted by Gasteiger charge is 2.20. The molecule has 0 spiro atoms. The summed E-state index contributed by atoms with van der Waals surface area (Å²) in [6, 6.07) is 0.983. The first-order chi connectivity index (χ1) is 27.9. The topological polar surface area (TPSA) is 60.5 Å². The molecule has 7 heteroatoms. The molecule has 1 aliphatic rings. The van der Waals surface area contributed by atoms with Gasteiger partial charge in [-0.3, -0.25) is 9.69 Å². The Morgan fingerprint density at radius 2 is 0.860 bits per heavy atom. The largest absolute Gasteiger partial charge is 0.498 e. The second-order valence-corrected chi connectivity index (χ2v) is 17.7. The lowest BCUT2D eigenvalue weighted by atomic mass is 9.90. The molecule has 0 amide bonds. The number of ether oxygens (including phenoxy) is 4. The van der Waals surface area contributed by atoms with Crippen LogP contribution in [0.25, 0.3) is 0 Å². The molecule has 0 bridgehead atoms. The molecular weight excluding hydrogens is 709 g/mol. The van der Waals surface area contributed by atoms with Gasteiger partial charge >= 0.3 is 5.97 Å². The smallest absolute Gasteiger partial charge is 0.307 e. The highest BCUT2D eigenvalue weighted by Crippen LogP contribution is 2.31. The van der Waals surface area contributed by atoms with Gasteiger partial charge in [-0.1, -0.05) is 129 Å². The summed E-state index contributed by atoms with van der Waals surface area (Å²) in [5.41, 5.74) is 1.50. The third-order valence-electron chi connectivity index (χ3n) is 11.8. The molecule has 1 saturated carbocycles. The molecule has 0 saturated heterocycles. The molecule has 1 aliphatic carbocycles. The number of hydrogen-bond acceptors (Lipinski definition) is 7. The Morgan fingerprint density at radius 3 is 1.28 bits per heavy atom. The summed E-state index contributed by atoms with van der Waals surface area (Å²) >= 11 is 0. The fraction of sp³-hybridized carbons (Fsp3) is 0.940. The average molecular weight is 807 g/mol. The molecular formula is C50H98N2O5. The van der Waals surface area contributed by atoms with E-state index in [0.29, 0.717) is 25.1 Å². The molecule has 338 valence electrons. The van der Waals surface area contributed by atoms with E-state index in [1.807, 2.05) is 0 Å². The van der Waals surface area contributed by atoms with Gasteiger partial charge in [0.05, 0.1) is 25.4 Å². The summed E-state index contributed by atoms with van der Waals surface area (Å²) in [4.78, 5) is 17.8. The van der Waals surface area contributed by atoms with Crippen molar-refractivity contribution in [2.24, 2.45) is 0 Å². The zero-order chi connectivity index (χ0) is 41.4. The standard InChI is InChI=1S/C50H98N2O5/c1-7-9-11-13-15-17-19-21-23-25-40-54-42-27-29-44-56-49(48-32-31-33-48)34-36-51(38-39-52(46(3)4)47(5)6)37-35-50(53)57-45-30-28-43-55-41-26-24-22-20-18-16-14-12-10-8-2/h46-47H,7-45H2,1-6H3. The van der Waals surface area contributed by atoms with Crippen molar-refractivity contribution < 1.29 is 23.7 Å². The number of carbonyl (C=O) groups excluding carboxylic acids is 1. The maximum Gasteiger partial charge on any atom is 0.307 e. The Kier molecular flexibility index (Phi) is 38.1. The molecule has 0 heterocycles. The van der Waals surface area contributed by atoms with Crippen molar-refractivity contribution in [3.8, 4) is 0 Å². The van der Waals surface area contributed by atoms with E-state index in [-0.39, 0.29) is 5.97 Å². The van der Waals surface area contributed by atoms with Crippen molar-refractivity contribution >= 4 is 5.97 Å². The number of carbonyl (C=O) groups is 1. The normalized spacial score (nSPS) is 13.1. The van der Waals surface area contributed by atoms with Gasteiger partial charge in [-0.2, -0.15) is 0 Å². The van der Waals surface area contributed by atoms with Crippen LogP contribution in [0.4, 0.5) is 0 Å². The predicted molar refractivity (Wildman–Crippen MR) is 244 cm³/mol. The van der Waals surface area contributed by atoms with Gasteiger partial charge in [0, 0.05) is 71.1 Å². The lowest BCUT2D eigenvalue weighted by Crippen LogP contribution is -2.43. The van der Waals surface area contributed by atoms with E-state index < -0.39 is 0 Å². The van der Waals surface area contributed by atoms with Gasteiger partial charge in [0.2, 0.25) is 0 Å². The molecule has 0 atom stereocenters. The molecule has 57 heavy (non-hydrogen) atoms. The predicted octanol–water partition coefficient (Wildman–Crippen LogP) is 13.6. The fourth-order valence-corrected chi connectivity index (χ4v) is 7.85. The van der Waals surface area contributed by atoms with Crippen LogP contribution in [-0.4, -0.2) is 93.7 Å². The minimum Gasteiger partial charge on any atom is -0.498 e. The summed E-state index contributed by atoms with van der Waals surface area (Å²) in [7, 11) is 0. The Bertz CT molecular complexity index is 895. The molecule has 0 aromatic carbocycles. The van der Waals surface area contributed by atoms with E-state index in [9.17, 15) is 4.79 Å². The quantitative estimate of drug-likeness (QED) is 0.0345. The van der Waals surface area contributed by atoms with Gasteiger partial charge in [0.1, 0.15) is 0 Å². The van der Waals surface area contributed by atoms with Gasteiger partial charge in [-0.15, -0.1) is 0 Å². The molecule has 0 aliphatic heterocycles. The Balaban J connectivity index is 2.29. The zero-order valence-electron chi connectivity index (χ0n) is 39.2. The van der Waals surface area contributed by atoms with Crippen LogP contribution in [0.1, 0.15) is 228 Å². The van der Waals surface area contributed by atoms with Crippen LogP contribution in [0, 0.1) is 0 Å². The monoisotopic (exact) mass is 807 g/mol. The molecule has 0 aromatic heterocycles. The van der Waals surface area contributed by atoms with Gasteiger partial charge in [-0.25, -0.2) is 0 Å². The first-order valence-corrected chi connectivity index (χ1v) is 25.0. The summed E-state index contributed by atoms with van der Waals surface area (Å²) in [6.45, 7) is 21.9. The Morgan fingerprint density at radius 1 is 0.474 bits per heavy atom. The molecule has 0 N–H and O–H groups in total. The summed E-state index contributed by atoms with van der Waals surface area (Å²) < 4.78 is 23.9. The zero-order valence-corrected chi connectivity index (χ0v) is 39.2. The summed E-state index contributed by atoms with van der Waals surface area (Å²) in [6.07, 6.45) is 36.0. The summed E-state index contributed by atoms with van der Waals surface area (Å²) in [5.74, 6) is 1.13. The van der Waals surface area contributed by atoms with Crippen LogP contribution in [-0.2, 0) is 23.7 Å². The van der Waals surface area contributed by atoms with Crippen molar-refractivity contribution in [2.45, 2.75) is 240 Å². The van der Waals surface area contributed by atoms with E-state index >= 15 is 0 Å². The van der Waals surface area contributed by atoms with Crippen molar-refractivity contribution in [2.75, 3.05) is 65.8 Å². The molecule has 1 fully saturated rings. The molecule has 0 unspecified atom stereocenters. The van der Waals surface area contributed by atoms with Crippen LogP contribution in [0.3, 0.4) is 0 Å². The second-order valence-electron chi connectivity index (χ2n) is 17.7. The van der Waals surface area contributed by atoms with Gasteiger partial charge in [0.25, 0.3) is 0 Å². The van der Waals surface area contributed by atoms with Crippen molar-refractivity contribution in [1.82, 2.24) is 9.80 Å². The van der Waals surface area contributed by atoms with Gasteiger partial charge < -0.3 is 23.8 Å². The van der Waals surface area contributed by atoms with Gasteiger partial charge in [0.15, 0.2) is 0 Å². The summed E-state index contributed by atoms with van der Waals surface area (Å²) in [5, 5.41) is 0. The average Bonchev–Trinajstić information content (AvgIpc) is 3.17. The van der Waals surface area contributed by atoms with E-state index in [2.05, 4.69) is 51.3 Å². The Hall–Kier alpha value is -1.15. The third kappa shape index (κ3) is 33.3. The van der Waals surface area contributed by atoms with E-state index in [0.717, 1.165) is 97.7 Å². The van der Waals surface area contributed by atoms with Gasteiger partial charge in [-0.05, 0) is 91.1 Å². The number of allylic oxidation sites excluding steroid dienone is 1. The van der Waals surface area contributed by atoms with Crippen LogP contribution in [0.15, 0.2) is 11.3 Å². The highest BCUT2D eigenvalue weighted by atomic mass is 16.5. The molecule has 7 nitrogen and oxygen atoms in total. The first kappa shape index (κ1) is 53.9. The van der Waals surface area contributed by atoms with Crippen LogP contribution >= 0.6 is 0 Å². The van der Waals surface area contributed by atoms with Crippen molar-refractivity contribution in [3.05, 3.63) is 11.3 Å². The van der Waals surface area contributed by atoms with E-state index in [1.165, 1.54) is 153 Å². The number of rotatable bonds is 44. The number of esters is 1. The lowest BCUT2D eigenvalue weighted by molar-refractivity contribution is -0.144. The van der Waals surface area contributed by atoms with Crippen molar-refractivity contribution in [1.29, 1.82) is 0 Å². The maximum absolute atomic E-state index is 12.8. The lowest BCUT2D eigenvalue weighted by Gasteiger charge is -2.33. The molecule has 1 rings (SSSR count). The minimum absolute atomic E-state index is 0.0833. The van der Waals surface area contributed by atoms with E-state index in [1.54, 1.807) is 0 Å². The van der Waals surface area contributed by atoms with Crippen LogP contribution in [0.5, 0.6) is 0 Å². The minimum atomic E-state index is -0.0833. The number of unbranched alkanes of at least 4 members (excludes halogenated alkanes) is 20. The Labute approximate surface area is 355 Å². The van der Waals surface area contributed by atoms with Crippen LogP contribution < -0.4 is 0 Å². The van der Waals surface area contributed by atoms with Crippen LogP contribution in [0.2, 0.25) is 0 Å². The molecule has 0 aromatic rings. The molecule has 0 radical (unpaired) electrons. The maximum atomic E-state index is 12.8. The second kappa shape index (κ2) is 40.3. The first-order valence-electron chi connectivity index (χ1n) is 25.0. The SMILES string of the molecule is CCCCCCCCCCCCOCCCCOC(=O)CCN(CCC(OCCCCOCCCCCCCCCCCC)=C1CCC1)CCN(C(C)C)C(C)C. The number of nitrogens with zero attached hydrogens (tertiary/aromatic N) is 2.